The molecule has 1 aromatic rings. The van der Waals surface area contributed by atoms with Crippen molar-refractivity contribution in [3.8, 4) is 0 Å². The zero-order valence-corrected chi connectivity index (χ0v) is 9.59. The highest BCUT2D eigenvalue weighted by atomic mass is 32.2. The van der Waals surface area contributed by atoms with E-state index in [1.807, 2.05) is 18.0 Å². The van der Waals surface area contributed by atoms with E-state index >= 15 is 0 Å². The number of aromatic nitrogens is 1. The summed E-state index contributed by atoms with van der Waals surface area (Å²) in [4.78, 5) is 5.31. The van der Waals surface area contributed by atoms with Crippen molar-refractivity contribution in [3.63, 3.8) is 0 Å². The SMILES string of the molecule is CCCCCSCc1cnc(N)s1. The lowest BCUT2D eigenvalue weighted by Gasteiger charge is -1.97. The van der Waals surface area contributed by atoms with E-state index in [2.05, 4.69) is 11.9 Å². The Labute approximate surface area is 87.9 Å². The summed E-state index contributed by atoms with van der Waals surface area (Å²) in [5.41, 5.74) is 5.53. The van der Waals surface area contributed by atoms with E-state index in [4.69, 9.17) is 5.73 Å². The summed E-state index contributed by atoms with van der Waals surface area (Å²) >= 11 is 3.57. The lowest BCUT2D eigenvalue weighted by molar-refractivity contribution is 0.778. The molecule has 2 N–H and O–H groups in total. The second-order valence-corrected chi connectivity index (χ2v) is 5.18. The molecule has 1 aromatic heterocycles. The minimum absolute atomic E-state index is 0.684. The fourth-order valence-electron chi connectivity index (χ4n) is 1.02. The maximum Gasteiger partial charge on any atom is 0.180 e. The molecule has 1 heterocycles. The molecule has 74 valence electrons. The van der Waals surface area contributed by atoms with Gasteiger partial charge >= 0.3 is 0 Å². The Hall–Kier alpha value is -0.220. The highest BCUT2D eigenvalue weighted by Crippen LogP contribution is 2.20. The molecule has 0 atom stereocenters. The van der Waals surface area contributed by atoms with Crippen molar-refractivity contribution >= 4 is 28.2 Å². The second kappa shape index (κ2) is 6.27. The Balaban J connectivity index is 2.06. The van der Waals surface area contributed by atoms with E-state index in [-0.39, 0.29) is 0 Å². The molecule has 0 radical (unpaired) electrons. The zero-order valence-electron chi connectivity index (χ0n) is 7.95. The highest BCUT2D eigenvalue weighted by Gasteiger charge is 1.97. The van der Waals surface area contributed by atoms with E-state index < -0.39 is 0 Å². The average molecular weight is 216 g/mol. The highest BCUT2D eigenvalue weighted by molar-refractivity contribution is 7.98. The van der Waals surface area contributed by atoms with Gasteiger partial charge in [0.05, 0.1) is 0 Å². The topological polar surface area (TPSA) is 38.9 Å². The molecule has 0 amide bonds. The summed E-state index contributed by atoms with van der Waals surface area (Å²) in [6.07, 6.45) is 5.86. The normalized spacial score (nSPS) is 10.5. The van der Waals surface area contributed by atoms with Gasteiger partial charge in [0.15, 0.2) is 5.13 Å². The summed E-state index contributed by atoms with van der Waals surface area (Å²) < 4.78 is 0. The largest absolute Gasteiger partial charge is 0.375 e. The van der Waals surface area contributed by atoms with Gasteiger partial charge in [-0.15, -0.1) is 11.3 Å². The van der Waals surface area contributed by atoms with Gasteiger partial charge in [-0.25, -0.2) is 4.98 Å². The molecule has 0 aliphatic heterocycles. The van der Waals surface area contributed by atoms with Gasteiger partial charge in [0.1, 0.15) is 0 Å². The van der Waals surface area contributed by atoms with Crippen LogP contribution in [-0.2, 0) is 5.75 Å². The van der Waals surface area contributed by atoms with Crippen LogP contribution in [0.3, 0.4) is 0 Å². The van der Waals surface area contributed by atoms with Crippen LogP contribution >= 0.6 is 23.1 Å². The van der Waals surface area contributed by atoms with Gasteiger partial charge in [-0.05, 0) is 12.2 Å². The molecule has 4 heteroatoms. The quantitative estimate of drug-likeness (QED) is 0.742. The van der Waals surface area contributed by atoms with Crippen molar-refractivity contribution in [2.24, 2.45) is 0 Å². The van der Waals surface area contributed by atoms with E-state index in [0.717, 1.165) is 5.75 Å². The molecular formula is C9H16N2S2. The lowest BCUT2D eigenvalue weighted by atomic mass is 10.3. The maximum atomic E-state index is 5.53. The van der Waals surface area contributed by atoms with Crippen LogP contribution in [0.2, 0.25) is 0 Å². The third kappa shape index (κ3) is 4.52. The van der Waals surface area contributed by atoms with Crippen LogP contribution in [0, 0.1) is 0 Å². The van der Waals surface area contributed by atoms with Crippen LogP contribution in [0.5, 0.6) is 0 Å². The first-order chi connectivity index (χ1) is 6.33. The van der Waals surface area contributed by atoms with E-state index in [9.17, 15) is 0 Å². The Morgan fingerprint density at radius 3 is 3.00 bits per heavy atom. The maximum absolute atomic E-state index is 5.53. The van der Waals surface area contributed by atoms with E-state index in [1.54, 1.807) is 11.3 Å². The Morgan fingerprint density at radius 1 is 1.54 bits per heavy atom. The zero-order chi connectivity index (χ0) is 9.52. The van der Waals surface area contributed by atoms with E-state index in [0.29, 0.717) is 5.13 Å². The number of thiazole rings is 1. The first-order valence-electron chi connectivity index (χ1n) is 4.61. The number of nitrogen functional groups attached to an aromatic ring is 1. The van der Waals surface area contributed by atoms with Crippen LogP contribution in [0.1, 0.15) is 31.1 Å². The number of hydrogen-bond acceptors (Lipinski definition) is 4. The molecule has 13 heavy (non-hydrogen) atoms. The molecule has 0 saturated heterocycles. The predicted molar refractivity (Wildman–Crippen MR) is 62.2 cm³/mol. The Kier molecular flexibility index (Phi) is 5.23. The number of nitrogens with zero attached hydrogens (tertiary/aromatic N) is 1. The first-order valence-corrected chi connectivity index (χ1v) is 6.58. The third-order valence-corrected chi connectivity index (χ3v) is 3.81. The molecule has 0 unspecified atom stereocenters. The van der Waals surface area contributed by atoms with E-state index in [1.165, 1.54) is 29.9 Å². The summed E-state index contributed by atoms with van der Waals surface area (Å²) in [6, 6.07) is 0. The number of hydrogen-bond donors (Lipinski definition) is 1. The Bertz CT molecular complexity index is 235. The van der Waals surface area contributed by atoms with Crippen LogP contribution in [-0.4, -0.2) is 10.7 Å². The van der Waals surface area contributed by atoms with Crippen molar-refractivity contribution in [2.75, 3.05) is 11.5 Å². The monoisotopic (exact) mass is 216 g/mol. The molecule has 1 rings (SSSR count). The fourth-order valence-corrected chi connectivity index (χ4v) is 2.81. The summed E-state index contributed by atoms with van der Waals surface area (Å²) in [7, 11) is 0. The van der Waals surface area contributed by atoms with Gasteiger partial charge in [-0.2, -0.15) is 11.8 Å². The minimum Gasteiger partial charge on any atom is -0.375 e. The number of unbranched alkanes of at least 4 members (excludes halogenated alkanes) is 2. The second-order valence-electron chi connectivity index (χ2n) is 2.92. The molecule has 0 fully saturated rings. The lowest BCUT2D eigenvalue weighted by Crippen LogP contribution is -1.80. The summed E-state index contributed by atoms with van der Waals surface area (Å²) in [5.74, 6) is 2.32. The summed E-state index contributed by atoms with van der Waals surface area (Å²) in [5, 5.41) is 0.684. The smallest absolute Gasteiger partial charge is 0.180 e. The molecule has 0 spiro atoms. The Morgan fingerprint density at radius 2 is 2.38 bits per heavy atom. The van der Waals surface area contributed by atoms with Crippen LogP contribution in [0.15, 0.2) is 6.20 Å². The molecule has 0 aliphatic rings. The van der Waals surface area contributed by atoms with Crippen molar-refractivity contribution < 1.29 is 0 Å². The van der Waals surface area contributed by atoms with Crippen molar-refractivity contribution in [2.45, 2.75) is 31.9 Å². The van der Waals surface area contributed by atoms with Crippen molar-refractivity contribution in [1.29, 1.82) is 0 Å². The van der Waals surface area contributed by atoms with Gasteiger partial charge < -0.3 is 5.73 Å². The molecule has 2 nitrogen and oxygen atoms in total. The average Bonchev–Trinajstić information content (AvgIpc) is 2.51. The number of thioether (sulfide) groups is 1. The number of nitrogens with two attached hydrogens (primary N) is 1. The predicted octanol–water partition coefficient (Wildman–Crippen LogP) is 3.15. The van der Waals surface area contributed by atoms with Gasteiger partial charge in [0.2, 0.25) is 0 Å². The van der Waals surface area contributed by atoms with Gasteiger partial charge in [0.25, 0.3) is 0 Å². The first kappa shape index (κ1) is 10.9. The van der Waals surface area contributed by atoms with Crippen LogP contribution in [0.25, 0.3) is 0 Å². The fraction of sp³-hybridized carbons (Fsp3) is 0.667. The van der Waals surface area contributed by atoms with Crippen LogP contribution < -0.4 is 5.73 Å². The molecule has 0 aliphatic carbocycles. The summed E-state index contributed by atoms with van der Waals surface area (Å²) in [6.45, 7) is 2.23. The van der Waals surface area contributed by atoms with Crippen molar-refractivity contribution in [3.05, 3.63) is 11.1 Å². The minimum atomic E-state index is 0.684. The molecule has 0 bridgehead atoms. The molecule has 0 saturated carbocycles. The third-order valence-electron chi connectivity index (χ3n) is 1.71. The van der Waals surface area contributed by atoms with Crippen LogP contribution in [0.4, 0.5) is 5.13 Å². The molecule has 0 aromatic carbocycles. The molecular weight excluding hydrogens is 200 g/mol. The van der Waals surface area contributed by atoms with Gasteiger partial charge in [-0.1, -0.05) is 19.8 Å². The standard InChI is InChI=1S/C9H16N2S2/c1-2-3-4-5-12-7-8-6-11-9(10)13-8/h6H,2-5,7H2,1H3,(H2,10,11). The van der Waals surface area contributed by atoms with Crippen molar-refractivity contribution in [1.82, 2.24) is 4.98 Å². The van der Waals surface area contributed by atoms with Gasteiger partial charge in [-0.3, -0.25) is 0 Å². The number of anilines is 1. The number of rotatable bonds is 6. The van der Waals surface area contributed by atoms with Gasteiger partial charge in [0, 0.05) is 16.8 Å².